The normalized spacial score (nSPS) is 19.9. The van der Waals surface area contributed by atoms with Gasteiger partial charge in [-0.1, -0.05) is 18.2 Å². The van der Waals surface area contributed by atoms with E-state index < -0.39 is 27.5 Å². The van der Waals surface area contributed by atoms with Gasteiger partial charge in [0.1, 0.15) is 0 Å². The molecular weight excluding hydrogens is 305 g/mol. The summed E-state index contributed by atoms with van der Waals surface area (Å²) >= 11 is 0. The molecule has 1 unspecified atom stereocenters. The van der Waals surface area contributed by atoms with Crippen molar-refractivity contribution < 1.29 is 21.6 Å². The molecule has 4 nitrogen and oxygen atoms in total. The number of rotatable bonds is 5. The number of hydrogen-bond donors (Lipinski definition) is 2. The highest BCUT2D eigenvalue weighted by atomic mass is 32.2. The maximum Gasteiger partial charge on any atom is 0.416 e. The fraction of sp³-hybridized carbons (Fsp3) is 0.538. The van der Waals surface area contributed by atoms with Crippen molar-refractivity contribution >= 4 is 10.0 Å². The van der Waals surface area contributed by atoms with Crippen LogP contribution in [0.2, 0.25) is 0 Å². The lowest BCUT2D eigenvalue weighted by Crippen LogP contribution is -2.37. The Balaban J connectivity index is 2.06. The van der Waals surface area contributed by atoms with Gasteiger partial charge in [-0.25, -0.2) is 13.1 Å². The second-order valence-electron chi connectivity index (χ2n) is 5.06. The van der Waals surface area contributed by atoms with Crippen LogP contribution < -0.4 is 10.0 Å². The van der Waals surface area contributed by atoms with Crippen LogP contribution in [0.15, 0.2) is 24.3 Å². The lowest BCUT2D eigenvalue weighted by molar-refractivity contribution is -0.138. The molecule has 0 bridgehead atoms. The van der Waals surface area contributed by atoms with E-state index >= 15 is 0 Å². The molecule has 2 rings (SSSR count). The first-order valence-electron chi connectivity index (χ1n) is 6.64. The molecule has 1 atom stereocenters. The van der Waals surface area contributed by atoms with Gasteiger partial charge in [-0.3, -0.25) is 0 Å². The van der Waals surface area contributed by atoms with E-state index in [2.05, 4.69) is 10.0 Å². The largest absolute Gasteiger partial charge is 0.416 e. The van der Waals surface area contributed by atoms with Crippen LogP contribution in [-0.2, 0) is 22.0 Å². The van der Waals surface area contributed by atoms with Crippen molar-refractivity contribution in [3.63, 3.8) is 0 Å². The van der Waals surface area contributed by atoms with Crippen molar-refractivity contribution in [2.24, 2.45) is 0 Å². The van der Waals surface area contributed by atoms with Gasteiger partial charge in [-0.05, 0) is 31.0 Å². The molecule has 1 fully saturated rings. The Morgan fingerprint density at radius 2 is 2.00 bits per heavy atom. The summed E-state index contributed by atoms with van der Waals surface area (Å²) in [5, 5.41) is 3.12. The number of sulfonamides is 1. The van der Waals surface area contributed by atoms with Gasteiger partial charge in [0, 0.05) is 12.6 Å². The quantitative estimate of drug-likeness (QED) is 0.870. The van der Waals surface area contributed by atoms with Crippen molar-refractivity contribution in [2.75, 3.05) is 13.1 Å². The molecule has 0 saturated carbocycles. The molecule has 1 aliphatic rings. The molecule has 0 aliphatic carbocycles. The predicted molar refractivity (Wildman–Crippen MR) is 73.1 cm³/mol. The first-order chi connectivity index (χ1) is 9.78. The summed E-state index contributed by atoms with van der Waals surface area (Å²) in [7, 11) is -3.79. The van der Waals surface area contributed by atoms with Gasteiger partial charge >= 0.3 is 6.18 Å². The molecule has 1 aromatic carbocycles. The maximum atomic E-state index is 12.8. The second kappa shape index (κ2) is 6.33. The van der Waals surface area contributed by atoms with Gasteiger partial charge in [-0.2, -0.15) is 13.2 Å². The monoisotopic (exact) mass is 322 g/mol. The van der Waals surface area contributed by atoms with E-state index in [1.807, 2.05) is 0 Å². The van der Waals surface area contributed by atoms with E-state index in [4.69, 9.17) is 0 Å². The smallest absolute Gasteiger partial charge is 0.313 e. The summed E-state index contributed by atoms with van der Waals surface area (Å²) in [6.07, 6.45) is -2.72. The lowest BCUT2D eigenvalue weighted by atomic mass is 10.1. The van der Waals surface area contributed by atoms with Crippen LogP contribution in [0.25, 0.3) is 0 Å². The zero-order chi connectivity index (χ0) is 15.5. The molecule has 1 aliphatic heterocycles. The van der Waals surface area contributed by atoms with Gasteiger partial charge in [0.15, 0.2) is 0 Å². The zero-order valence-corrected chi connectivity index (χ0v) is 12.1. The van der Waals surface area contributed by atoms with Gasteiger partial charge in [-0.15, -0.1) is 0 Å². The van der Waals surface area contributed by atoms with Crippen molar-refractivity contribution in [3.05, 3.63) is 35.4 Å². The molecule has 8 heteroatoms. The van der Waals surface area contributed by atoms with E-state index in [1.165, 1.54) is 18.2 Å². The highest BCUT2D eigenvalue weighted by molar-refractivity contribution is 7.88. The summed E-state index contributed by atoms with van der Waals surface area (Å²) in [6.45, 7) is 1.04. The SMILES string of the molecule is O=S(=O)(Cc1ccccc1C(F)(F)F)NCC1CCCN1. The Hall–Kier alpha value is -1.12. The number of hydrogen-bond acceptors (Lipinski definition) is 3. The molecule has 21 heavy (non-hydrogen) atoms. The average Bonchev–Trinajstić information content (AvgIpc) is 2.88. The Morgan fingerprint density at radius 3 is 2.62 bits per heavy atom. The minimum absolute atomic E-state index is 0.0534. The van der Waals surface area contributed by atoms with E-state index in [0.717, 1.165) is 25.5 Å². The third kappa shape index (κ3) is 4.69. The summed E-state index contributed by atoms with van der Waals surface area (Å²) in [6, 6.07) is 4.78. The van der Waals surface area contributed by atoms with E-state index in [1.54, 1.807) is 0 Å². The molecule has 2 N–H and O–H groups in total. The van der Waals surface area contributed by atoms with Crippen LogP contribution in [0.3, 0.4) is 0 Å². The predicted octanol–water partition coefficient (Wildman–Crippen LogP) is 1.88. The molecule has 1 saturated heterocycles. The molecular formula is C13H17F3N2O2S. The number of alkyl halides is 3. The first kappa shape index (κ1) is 16.3. The van der Waals surface area contributed by atoms with Crippen LogP contribution in [0.1, 0.15) is 24.0 Å². The Morgan fingerprint density at radius 1 is 1.29 bits per heavy atom. The minimum Gasteiger partial charge on any atom is -0.313 e. The molecule has 118 valence electrons. The average molecular weight is 322 g/mol. The lowest BCUT2D eigenvalue weighted by Gasteiger charge is -2.15. The fourth-order valence-electron chi connectivity index (χ4n) is 2.34. The van der Waals surface area contributed by atoms with Crippen molar-refractivity contribution in [3.8, 4) is 0 Å². The molecule has 1 aromatic rings. The Kier molecular flexibility index (Phi) is 4.90. The second-order valence-corrected chi connectivity index (χ2v) is 6.86. The maximum absolute atomic E-state index is 12.8. The van der Waals surface area contributed by atoms with Gasteiger partial charge < -0.3 is 5.32 Å². The van der Waals surface area contributed by atoms with Gasteiger partial charge in [0.2, 0.25) is 10.0 Å². The summed E-state index contributed by atoms with van der Waals surface area (Å²) in [5.74, 6) is -0.671. The number of benzene rings is 1. The third-order valence-electron chi connectivity index (χ3n) is 3.38. The molecule has 0 radical (unpaired) electrons. The first-order valence-corrected chi connectivity index (χ1v) is 8.29. The zero-order valence-electron chi connectivity index (χ0n) is 11.3. The Labute approximate surface area is 121 Å². The minimum atomic E-state index is -4.56. The van der Waals surface area contributed by atoms with Crippen molar-refractivity contribution in [1.29, 1.82) is 0 Å². The van der Waals surface area contributed by atoms with E-state index in [0.29, 0.717) is 0 Å². The van der Waals surface area contributed by atoms with E-state index in [9.17, 15) is 21.6 Å². The van der Waals surface area contributed by atoms with Gasteiger partial charge in [0.25, 0.3) is 0 Å². The van der Waals surface area contributed by atoms with Crippen LogP contribution in [0.5, 0.6) is 0 Å². The summed E-state index contributed by atoms with van der Waals surface area (Å²) < 4.78 is 64.7. The van der Waals surface area contributed by atoms with Crippen molar-refractivity contribution in [1.82, 2.24) is 10.0 Å². The molecule has 0 aromatic heterocycles. The van der Waals surface area contributed by atoms with Gasteiger partial charge in [0.05, 0.1) is 11.3 Å². The molecule has 0 spiro atoms. The number of nitrogens with one attached hydrogen (secondary N) is 2. The van der Waals surface area contributed by atoms with Crippen LogP contribution in [0.4, 0.5) is 13.2 Å². The molecule has 1 heterocycles. The fourth-order valence-corrected chi connectivity index (χ4v) is 3.56. The summed E-state index contributed by atoms with van der Waals surface area (Å²) in [4.78, 5) is 0. The number of halogens is 3. The van der Waals surface area contributed by atoms with Crippen LogP contribution in [-0.4, -0.2) is 27.5 Å². The third-order valence-corrected chi connectivity index (χ3v) is 4.68. The highest BCUT2D eigenvalue weighted by Crippen LogP contribution is 2.32. The standard InChI is InChI=1S/C13H17F3N2O2S/c14-13(15,16)12-6-2-1-4-10(12)9-21(19,20)18-8-11-5-3-7-17-11/h1-2,4,6,11,17-18H,3,5,7-9H2. The van der Waals surface area contributed by atoms with E-state index in [-0.39, 0.29) is 18.2 Å². The molecule has 0 amide bonds. The highest BCUT2D eigenvalue weighted by Gasteiger charge is 2.34. The van der Waals surface area contributed by atoms with Crippen molar-refractivity contribution in [2.45, 2.75) is 30.8 Å². The Bertz CT molecular complexity index is 581. The van der Waals surface area contributed by atoms with Crippen LogP contribution >= 0.6 is 0 Å². The van der Waals surface area contributed by atoms with Crippen LogP contribution in [0, 0.1) is 0 Å². The topological polar surface area (TPSA) is 58.2 Å². The summed E-state index contributed by atoms with van der Waals surface area (Å²) in [5.41, 5.74) is -1.15.